The van der Waals surface area contributed by atoms with Crippen LogP contribution in [0.2, 0.25) is 0 Å². The van der Waals surface area contributed by atoms with Crippen molar-refractivity contribution in [2.75, 3.05) is 6.54 Å². The topological polar surface area (TPSA) is 76.0 Å². The lowest BCUT2D eigenvalue weighted by Gasteiger charge is -2.24. The van der Waals surface area contributed by atoms with Gasteiger partial charge in [-0.05, 0) is 20.3 Å². The molecule has 0 fully saturated rings. The average molecular weight is 316 g/mol. The van der Waals surface area contributed by atoms with Gasteiger partial charge in [0.15, 0.2) is 0 Å². The second kappa shape index (κ2) is 7.38. The quantitative estimate of drug-likeness (QED) is 0.727. The largest absolute Gasteiger partial charge is 0.313 e. The van der Waals surface area contributed by atoms with Crippen molar-refractivity contribution in [2.45, 2.75) is 70.5 Å². The zero-order valence-electron chi connectivity index (χ0n) is 13.7. The van der Waals surface area contributed by atoms with Crippen LogP contribution in [0.1, 0.15) is 47.5 Å². The maximum absolute atomic E-state index is 12.3. The van der Waals surface area contributed by atoms with E-state index in [1.165, 1.54) is 6.20 Å². The van der Waals surface area contributed by atoms with Gasteiger partial charge in [0.2, 0.25) is 10.0 Å². The molecule has 6 nitrogen and oxygen atoms in total. The Labute approximate surface area is 128 Å². The smallest absolute Gasteiger partial charge is 0.244 e. The Bertz CT molecular complexity index is 535. The van der Waals surface area contributed by atoms with Crippen molar-refractivity contribution >= 4 is 10.0 Å². The van der Waals surface area contributed by atoms with Crippen molar-refractivity contribution in [3.05, 3.63) is 12.4 Å². The number of nitrogens with one attached hydrogen (secondary N) is 2. The van der Waals surface area contributed by atoms with Gasteiger partial charge in [0, 0.05) is 24.3 Å². The second-order valence-corrected chi connectivity index (χ2v) is 7.97. The van der Waals surface area contributed by atoms with Gasteiger partial charge in [-0.3, -0.25) is 4.68 Å². The molecule has 1 aromatic heterocycles. The van der Waals surface area contributed by atoms with Crippen LogP contribution in [0.25, 0.3) is 0 Å². The number of hydrogen-bond donors (Lipinski definition) is 2. The molecule has 1 aromatic rings. The Morgan fingerprint density at radius 1 is 1.38 bits per heavy atom. The van der Waals surface area contributed by atoms with Crippen LogP contribution in [0.5, 0.6) is 0 Å². The molecule has 122 valence electrons. The van der Waals surface area contributed by atoms with E-state index in [2.05, 4.69) is 29.0 Å². The molecule has 0 saturated heterocycles. The fourth-order valence-corrected chi connectivity index (χ4v) is 3.57. The lowest BCUT2D eigenvalue weighted by atomic mass is 10.0. The predicted octanol–water partition coefficient (Wildman–Crippen LogP) is 1.74. The summed E-state index contributed by atoms with van der Waals surface area (Å²) in [7, 11) is -3.51. The first-order valence-electron chi connectivity index (χ1n) is 7.46. The zero-order chi connectivity index (χ0) is 16.1. The highest BCUT2D eigenvalue weighted by Crippen LogP contribution is 2.16. The van der Waals surface area contributed by atoms with Gasteiger partial charge in [0.25, 0.3) is 0 Å². The van der Waals surface area contributed by atoms with E-state index in [1.807, 2.05) is 20.8 Å². The van der Waals surface area contributed by atoms with Gasteiger partial charge < -0.3 is 5.32 Å². The third-order valence-electron chi connectivity index (χ3n) is 3.10. The van der Waals surface area contributed by atoms with Crippen LogP contribution in [0.15, 0.2) is 17.3 Å². The zero-order valence-corrected chi connectivity index (χ0v) is 14.5. The molecule has 7 heteroatoms. The van der Waals surface area contributed by atoms with E-state index in [4.69, 9.17) is 0 Å². The first-order valence-corrected chi connectivity index (χ1v) is 8.94. The molecule has 0 radical (unpaired) electrons. The van der Waals surface area contributed by atoms with Crippen LogP contribution in [0, 0.1) is 0 Å². The molecule has 0 amide bonds. The van der Waals surface area contributed by atoms with E-state index in [9.17, 15) is 8.42 Å². The minimum atomic E-state index is -3.51. The molecule has 0 spiro atoms. The Morgan fingerprint density at radius 2 is 2.05 bits per heavy atom. The van der Waals surface area contributed by atoms with Crippen LogP contribution in [0.3, 0.4) is 0 Å². The van der Waals surface area contributed by atoms with Crippen molar-refractivity contribution in [1.82, 2.24) is 19.8 Å². The van der Waals surface area contributed by atoms with Gasteiger partial charge in [-0.2, -0.15) is 5.10 Å². The number of rotatable bonds is 9. The van der Waals surface area contributed by atoms with Crippen LogP contribution in [-0.4, -0.2) is 36.3 Å². The molecule has 0 aromatic carbocycles. The van der Waals surface area contributed by atoms with Gasteiger partial charge in [-0.15, -0.1) is 0 Å². The minimum absolute atomic E-state index is 0.219. The van der Waals surface area contributed by atoms with E-state index >= 15 is 0 Å². The van der Waals surface area contributed by atoms with Crippen LogP contribution < -0.4 is 10.0 Å². The molecule has 2 N–H and O–H groups in total. The lowest BCUT2D eigenvalue weighted by Crippen LogP contribution is -2.43. The summed E-state index contributed by atoms with van der Waals surface area (Å²) in [5, 5.41) is 7.38. The lowest BCUT2D eigenvalue weighted by molar-refractivity contribution is 0.417. The number of aromatic nitrogens is 2. The normalized spacial score (nSPS) is 13.0. The van der Waals surface area contributed by atoms with E-state index in [-0.39, 0.29) is 4.90 Å². The summed E-state index contributed by atoms with van der Waals surface area (Å²) in [6, 6.07) is 0.403. The SMILES string of the molecule is CCCC(C)(C)NS(=O)(=O)c1cnn(CCNC(C)C)c1. The first kappa shape index (κ1) is 18.1. The summed E-state index contributed by atoms with van der Waals surface area (Å²) >= 11 is 0. The summed E-state index contributed by atoms with van der Waals surface area (Å²) in [6.07, 6.45) is 4.69. The van der Waals surface area contributed by atoms with Gasteiger partial charge in [-0.1, -0.05) is 27.2 Å². The monoisotopic (exact) mass is 316 g/mol. The summed E-state index contributed by atoms with van der Waals surface area (Å²) in [4.78, 5) is 0.219. The molecule has 0 aliphatic rings. The van der Waals surface area contributed by atoms with Crippen molar-refractivity contribution in [1.29, 1.82) is 0 Å². The number of sulfonamides is 1. The van der Waals surface area contributed by atoms with Gasteiger partial charge in [0.1, 0.15) is 4.90 Å². The Hall–Kier alpha value is -0.920. The standard InChI is InChI=1S/C14H28N4O2S/c1-6-7-14(4,5)17-21(19,20)13-10-16-18(11-13)9-8-15-12(2)3/h10-12,15,17H,6-9H2,1-5H3. The Kier molecular flexibility index (Phi) is 6.37. The molecule has 0 saturated carbocycles. The molecule has 0 atom stereocenters. The minimum Gasteiger partial charge on any atom is -0.313 e. The molecular weight excluding hydrogens is 288 g/mol. The van der Waals surface area contributed by atoms with Gasteiger partial charge in [-0.25, -0.2) is 13.1 Å². The first-order chi connectivity index (χ1) is 9.66. The third kappa shape index (κ3) is 6.15. The molecule has 0 bridgehead atoms. The van der Waals surface area contributed by atoms with Crippen LogP contribution in [0.4, 0.5) is 0 Å². The fourth-order valence-electron chi connectivity index (χ4n) is 2.17. The van der Waals surface area contributed by atoms with Gasteiger partial charge in [0.05, 0.1) is 12.7 Å². The molecule has 0 unspecified atom stereocenters. The second-order valence-electron chi connectivity index (χ2n) is 6.29. The van der Waals surface area contributed by atoms with Crippen molar-refractivity contribution in [2.24, 2.45) is 0 Å². The highest BCUT2D eigenvalue weighted by molar-refractivity contribution is 7.89. The summed E-state index contributed by atoms with van der Waals surface area (Å²) in [6.45, 7) is 11.4. The van der Waals surface area contributed by atoms with Crippen molar-refractivity contribution in [3.8, 4) is 0 Å². The molecule has 0 aliphatic carbocycles. The Balaban J connectivity index is 2.70. The highest BCUT2D eigenvalue weighted by Gasteiger charge is 2.26. The third-order valence-corrected chi connectivity index (χ3v) is 4.75. The van der Waals surface area contributed by atoms with E-state index in [1.54, 1.807) is 10.9 Å². The van der Waals surface area contributed by atoms with Gasteiger partial charge >= 0.3 is 0 Å². The summed E-state index contributed by atoms with van der Waals surface area (Å²) < 4.78 is 29.1. The molecule has 21 heavy (non-hydrogen) atoms. The fraction of sp³-hybridized carbons (Fsp3) is 0.786. The highest BCUT2D eigenvalue weighted by atomic mass is 32.2. The molecule has 1 rings (SSSR count). The molecule has 1 heterocycles. The van der Waals surface area contributed by atoms with Crippen molar-refractivity contribution in [3.63, 3.8) is 0 Å². The van der Waals surface area contributed by atoms with Crippen LogP contribution in [-0.2, 0) is 16.6 Å². The molecule has 0 aliphatic heterocycles. The van der Waals surface area contributed by atoms with Crippen LogP contribution >= 0.6 is 0 Å². The summed E-state index contributed by atoms with van der Waals surface area (Å²) in [5.74, 6) is 0. The van der Waals surface area contributed by atoms with E-state index < -0.39 is 15.6 Å². The number of nitrogens with zero attached hydrogens (tertiary/aromatic N) is 2. The average Bonchev–Trinajstić information content (AvgIpc) is 2.76. The molecular formula is C14H28N4O2S. The van der Waals surface area contributed by atoms with E-state index in [0.29, 0.717) is 12.6 Å². The van der Waals surface area contributed by atoms with Crippen molar-refractivity contribution < 1.29 is 8.42 Å². The maximum Gasteiger partial charge on any atom is 0.244 e. The maximum atomic E-state index is 12.3. The Morgan fingerprint density at radius 3 is 2.62 bits per heavy atom. The van der Waals surface area contributed by atoms with E-state index in [0.717, 1.165) is 19.4 Å². The summed E-state index contributed by atoms with van der Waals surface area (Å²) in [5.41, 5.74) is -0.450. The number of hydrogen-bond acceptors (Lipinski definition) is 4. The predicted molar refractivity (Wildman–Crippen MR) is 84.7 cm³/mol.